The molecule has 0 radical (unpaired) electrons. The van der Waals surface area contributed by atoms with Crippen LogP contribution in [0.1, 0.15) is 30.8 Å². The first-order valence-electron chi connectivity index (χ1n) is 6.27. The Morgan fingerprint density at radius 1 is 1.00 bits per heavy atom. The van der Waals surface area contributed by atoms with Crippen molar-refractivity contribution in [3.8, 4) is 0 Å². The largest absolute Gasteiger partial charge is 0.252 e. The number of para-hydroxylation sites is 1. The fourth-order valence-corrected chi connectivity index (χ4v) is 1.88. The van der Waals surface area contributed by atoms with E-state index in [-0.39, 0.29) is 16.5 Å². The fraction of sp³-hybridized carbons (Fsp3) is 0.267. The van der Waals surface area contributed by atoms with Gasteiger partial charge >= 0.3 is 0 Å². The van der Waals surface area contributed by atoms with Gasteiger partial charge in [0, 0.05) is 28.9 Å². The molecule has 0 spiro atoms. The molecule has 3 nitrogen and oxygen atoms in total. The van der Waals surface area contributed by atoms with E-state index in [9.17, 15) is 0 Å². The predicted molar refractivity (Wildman–Crippen MR) is 74.5 cm³/mol. The number of aryl methyl sites for hydroxylation is 2. The molecule has 19 heavy (non-hydrogen) atoms. The van der Waals surface area contributed by atoms with Gasteiger partial charge in [0.2, 0.25) is 0 Å². The zero-order chi connectivity index (χ0) is 12.8. The summed E-state index contributed by atoms with van der Waals surface area (Å²) in [4.78, 5) is 12.9. The third-order valence-corrected chi connectivity index (χ3v) is 2.86. The van der Waals surface area contributed by atoms with E-state index in [1.54, 1.807) is 24.7 Å². The van der Waals surface area contributed by atoms with Gasteiger partial charge in [-0.25, -0.2) is 9.97 Å². The van der Waals surface area contributed by atoms with Crippen molar-refractivity contribution in [3.05, 3.63) is 53.6 Å². The molecule has 2 aromatic rings. The van der Waals surface area contributed by atoms with Crippen molar-refractivity contribution in [2.24, 2.45) is 4.99 Å². The van der Waals surface area contributed by atoms with Gasteiger partial charge in [0.15, 0.2) is 5.82 Å². The van der Waals surface area contributed by atoms with Crippen LogP contribution < -0.4 is 0 Å². The summed E-state index contributed by atoms with van der Waals surface area (Å²) in [6.45, 7) is 4.29. The number of rotatable bonds is 4. The summed E-state index contributed by atoms with van der Waals surface area (Å²) in [6.07, 6.45) is 7.14. The monoisotopic (exact) mass is 297 g/mol. The van der Waals surface area contributed by atoms with Gasteiger partial charge in [-0.2, -0.15) is 0 Å². The van der Waals surface area contributed by atoms with Crippen molar-refractivity contribution in [3.63, 3.8) is 0 Å². The summed E-state index contributed by atoms with van der Waals surface area (Å²) < 4.78 is 0. The Labute approximate surface area is 124 Å². The summed E-state index contributed by atoms with van der Waals surface area (Å²) >= 11 is 0. The van der Waals surface area contributed by atoms with E-state index in [4.69, 9.17) is 0 Å². The molecule has 0 aliphatic heterocycles. The Hall–Kier alpha value is -1.54. The van der Waals surface area contributed by atoms with Gasteiger partial charge in [-0.05, 0) is 30.0 Å². The molecule has 0 unspecified atom stereocenters. The first-order chi connectivity index (χ1) is 8.85. The van der Waals surface area contributed by atoms with Crippen molar-refractivity contribution in [1.82, 2.24) is 9.97 Å². The first-order valence-corrected chi connectivity index (χ1v) is 6.27. The molecule has 0 aliphatic rings. The van der Waals surface area contributed by atoms with E-state index < -0.39 is 0 Å². The molecule has 0 saturated heterocycles. The van der Waals surface area contributed by atoms with Crippen molar-refractivity contribution in [2.75, 3.05) is 0 Å². The van der Waals surface area contributed by atoms with Crippen LogP contribution in [0.3, 0.4) is 0 Å². The van der Waals surface area contributed by atoms with Crippen molar-refractivity contribution < 1.29 is 16.5 Å². The van der Waals surface area contributed by atoms with Crippen LogP contribution in [0.2, 0.25) is 0 Å². The van der Waals surface area contributed by atoms with Crippen molar-refractivity contribution in [1.29, 1.82) is 0 Å². The quantitative estimate of drug-likeness (QED) is 0.641. The molecule has 102 valence electrons. The van der Waals surface area contributed by atoms with E-state index in [2.05, 4.69) is 47.0 Å². The van der Waals surface area contributed by atoms with Crippen LogP contribution in [0.25, 0.3) is 0 Å². The van der Waals surface area contributed by atoms with Crippen LogP contribution in [0.15, 0.2) is 41.7 Å². The third-order valence-electron chi connectivity index (χ3n) is 2.86. The number of aromatic nitrogens is 2. The van der Waals surface area contributed by atoms with Crippen LogP contribution in [0, 0.1) is 0 Å². The van der Waals surface area contributed by atoms with Gasteiger partial charge in [0.05, 0.1) is 11.9 Å². The zero-order valence-electron chi connectivity index (χ0n) is 11.1. The van der Waals surface area contributed by atoms with Gasteiger partial charge < -0.3 is 0 Å². The normalized spacial score (nSPS) is 10.4. The smallest absolute Gasteiger partial charge is 0.170 e. The molecule has 0 bridgehead atoms. The second-order valence-corrected chi connectivity index (χ2v) is 4.00. The van der Waals surface area contributed by atoms with Gasteiger partial charge in [-0.3, -0.25) is 4.99 Å². The van der Waals surface area contributed by atoms with Crippen LogP contribution in [-0.4, -0.2) is 16.2 Å². The number of hydrogen-bond donors (Lipinski definition) is 0. The van der Waals surface area contributed by atoms with Crippen molar-refractivity contribution >= 4 is 11.9 Å². The Morgan fingerprint density at radius 2 is 1.58 bits per heavy atom. The van der Waals surface area contributed by atoms with Gasteiger partial charge in [0.1, 0.15) is 0 Å². The summed E-state index contributed by atoms with van der Waals surface area (Å²) in [5.74, 6) is 0.644. The van der Waals surface area contributed by atoms with E-state index in [0.29, 0.717) is 5.82 Å². The molecule has 1 heterocycles. The Bertz CT molecular complexity index is 516. The van der Waals surface area contributed by atoms with Crippen LogP contribution in [0.4, 0.5) is 5.69 Å². The molecule has 0 aliphatic carbocycles. The molecule has 1 aromatic carbocycles. The maximum absolute atomic E-state index is 4.57. The standard InChI is InChI=1S/C15H17N3.Ni/c1-3-12-7-5-8-13(4-2)15(12)18-11-14-16-9-6-10-17-14;/h5-11H,3-4H2,1-2H3;. The Morgan fingerprint density at radius 3 is 2.11 bits per heavy atom. The minimum Gasteiger partial charge on any atom is -0.252 e. The molecular weight excluding hydrogens is 281 g/mol. The van der Waals surface area contributed by atoms with E-state index in [0.717, 1.165) is 18.5 Å². The molecule has 0 fully saturated rings. The summed E-state index contributed by atoms with van der Waals surface area (Å²) in [6, 6.07) is 8.14. The fourth-order valence-electron chi connectivity index (χ4n) is 1.88. The second-order valence-electron chi connectivity index (χ2n) is 4.00. The molecule has 0 atom stereocenters. The maximum atomic E-state index is 4.57. The van der Waals surface area contributed by atoms with Crippen LogP contribution in [0.5, 0.6) is 0 Å². The van der Waals surface area contributed by atoms with Crippen LogP contribution in [-0.2, 0) is 29.3 Å². The molecule has 2 rings (SSSR count). The number of benzene rings is 1. The summed E-state index contributed by atoms with van der Waals surface area (Å²) in [5.41, 5.74) is 3.60. The minimum atomic E-state index is 0. The number of aliphatic imine (C=N–C) groups is 1. The number of nitrogens with zero attached hydrogens (tertiary/aromatic N) is 3. The van der Waals surface area contributed by atoms with Gasteiger partial charge in [0.25, 0.3) is 0 Å². The average molecular weight is 298 g/mol. The zero-order valence-corrected chi connectivity index (χ0v) is 12.1. The predicted octanol–water partition coefficient (Wildman–Crippen LogP) is 3.35. The molecule has 0 saturated carbocycles. The SMILES string of the molecule is CCc1cccc(CC)c1N=Cc1ncccn1.[Ni]. The molecule has 0 N–H and O–H groups in total. The first kappa shape index (κ1) is 15.5. The van der Waals surface area contributed by atoms with Crippen LogP contribution >= 0.6 is 0 Å². The molecule has 0 amide bonds. The number of hydrogen-bond acceptors (Lipinski definition) is 3. The minimum absolute atomic E-state index is 0. The average Bonchev–Trinajstić information content (AvgIpc) is 2.45. The maximum Gasteiger partial charge on any atom is 0.170 e. The van der Waals surface area contributed by atoms with Gasteiger partial charge in [-0.15, -0.1) is 0 Å². The summed E-state index contributed by atoms with van der Waals surface area (Å²) in [7, 11) is 0. The Kier molecular flexibility index (Phi) is 6.37. The van der Waals surface area contributed by atoms with E-state index in [1.807, 2.05) is 0 Å². The summed E-state index contributed by atoms with van der Waals surface area (Å²) in [5, 5.41) is 0. The van der Waals surface area contributed by atoms with Gasteiger partial charge in [-0.1, -0.05) is 32.0 Å². The van der Waals surface area contributed by atoms with E-state index >= 15 is 0 Å². The topological polar surface area (TPSA) is 38.1 Å². The molecular formula is C15H17N3Ni. The van der Waals surface area contributed by atoms with Crippen molar-refractivity contribution in [2.45, 2.75) is 26.7 Å². The molecule has 1 aromatic heterocycles. The Balaban J connectivity index is 0.00000180. The third kappa shape index (κ3) is 3.97. The van der Waals surface area contributed by atoms with E-state index in [1.165, 1.54) is 11.1 Å². The second kappa shape index (κ2) is 7.80. The molecule has 4 heteroatoms.